The van der Waals surface area contributed by atoms with E-state index >= 15 is 0 Å². The molecule has 1 saturated heterocycles. The Morgan fingerprint density at radius 2 is 2.30 bits per heavy atom. The Morgan fingerprint density at radius 3 is 3.10 bits per heavy atom. The lowest BCUT2D eigenvalue weighted by Gasteiger charge is -2.38. The number of thioether (sulfide) groups is 1. The molecule has 0 amide bonds. The van der Waals surface area contributed by atoms with Gasteiger partial charge in [0.15, 0.2) is 0 Å². The predicted octanol–water partition coefficient (Wildman–Crippen LogP) is 2.54. The Hall–Kier alpha value is -1.10. The highest BCUT2D eigenvalue weighted by atomic mass is 32.2. The van der Waals surface area contributed by atoms with Crippen molar-refractivity contribution in [3.63, 3.8) is 0 Å². The lowest BCUT2D eigenvalue weighted by Crippen LogP contribution is -2.47. The zero-order valence-corrected chi connectivity index (χ0v) is 12.9. The van der Waals surface area contributed by atoms with Crippen LogP contribution >= 0.6 is 11.8 Å². The van der Waals surface area contributed by atoms with Crippen molar-refractivity contribution in [3.05, 3.63) is 42.2 Å². The number of nitrogens with zero attached hydrogens (tertiary/aromatic N) is 2. The van der Waals surface area contributed by atoms with Crippen LogP contribution in [0.1, 0.15) is 11.6 Å². The van der Waals surface area contributed by atoms with Gasteiger partial charge in [0, 0.05) is 47.9 Å². The van der Waals surface area contributed by atoms with Crippen LogP contribution in [-0.2, 0) is 0 Å². The van der Waals surface area contributed by atoms with Crippen LogP contribution in [-0.4, -0.2) is 48.1 Å². The Balaban J connectivity index is 2.02. The number of aromatic nitrogens is 1. The van der Waals surface area contributed by atoms with E-state index < -0.39 is 0 Å². The summed E-state index contributed by atoms with van der Waals surface area (Å²) < 4.78 is 0. The van der Waals surface area contributed by atoms with E-state index in [0.717, 1.165) is 0 Å². The van der Waals surface area contributed by atoms with Gasteiger partial charge in [-0.2, -0.15) is 11.8 Å². The number of benzene rings is 1. The molecule has 4 heteroatoms. The second-order valence-electron chi connectivity index (χ2n) is 5.33. The normalized spacial score (nSPS) is 22.0. The molecule has 2 atom stereocenters. The van der Waals surface area contributed by atoms with Gasteiger partial charge in [-0.15, -0.1) is 0 Å². The number of rotatable bonds is 3. The molecule has 1 fully saturated rings. The van der Waals surface area contributed by atoms with Crippen molar-refractivity contribution in [2.75, 3.05) is 32.1 Å². The second kappa shape index (κ2) is 6.12. The fraction of sp³-hybridized carbons (Fsp3) is 0.438. The number of pyridine rings is 1. The molecule has 106 valence electrons. The molecule has 0 spiro atoms. The van der Waals surface area contributed by atoms with Gasteiger partial charge in [0.05, 0.1) is 0 Å². The van der Waals surface area contributed by atoms with E-state index in [0.29, 0.717) is 12.1 Å². The molecular weight excluding hydrogens is 266 g/mol. The Morgan fingerprint density at radius 1 is 1.40 bits per heavy atom. The maximum absolute atomic E-state index is 4.23. The summed E-state index contributed by atoms with van der Waals surface area (Å²) in [6.45, 7) is 1.17. The Kier molecular flexibility index (Phi) is 4.24. The molecule has 1 aromatic heterocycles. The topological polar surface area (TPSA) is 28.2 Å². The van der Waals surface area contributed by atoms with Crippen molar-refractivity contribution in [1.29, 1.82) is 0 Å². The Labute approximate surface area is 124 Å². The SMILES string of the molecule is CNC(c1cccc2cnccc12)C1CSCCN1C. The molecule has 1 aliphatic rings. The average Bonchev–Trinajstić information content (AvgIpc) is 2.50. The van der Waals surface area contributed by atoms with Crippen LogP contribution in [0.25, 0.3) is 10.8 Å². The number of hydrogen-bond donors (Lipinski definition) is 1. The standard InChI is InChI=1S/C16H21N3S/c1-17-16(15-11-20-9-8-19(15)2)14-5-3-4-12-10-18-7-6-13(12)14/h3-7,10,15-17H,8-9,11H2,1-2H3. The maximum Gasteiger partial charge on any atom is 0.0489 e. The van der Waals surface area contributed by atoms with Crippen LogP contribution < -0.4 is 5.32 Å². The first-order chi connectivity index (χ1) is 9.81. The zero-order valence-electron chi connectivity index (χ0n) is 12.0. The second-order valence-corrected chi connectivity index (χ2v) is 6.48. The average molecular weight is 287 g/mol. The number of fused-ring (bicyclic) bond motifs is 1. The van der Waals surface area contributed by atoms with E-state index in [-0.39, 0.29) is 0 Å². The van der Waals surface area contributed by atoms with Crippen LogP contribution in [0.15, 0.2) is 36.7 Å². The van der Waals surface area contributed by atoms with Crippen molar-refractivity contribution < 1.29 is 0 Å². The quantitative estimate of drug-likeness (QED) is 0.939. The van der Waals surface area contributed by atoms with Gasteiger partial charge in [0.2, 0.25) is 0 Å². The maximum atomic E-state index is 4.23. The summed E-state index contributed by atoms with van der Waals surface area (Å²) in [5, 5.41) is 6.07. The van der Waals surface area contributed by atoms with Gasteiger partial charge >= 0.3 is 0 Å². The van der Waals surface area contributed by atoms with Crippen LogP contribution in [0.5, 0.6) is 0 Å². The summed E-state index contributed by atoms with van der Waals surface area (Å²) in [7, 11) is 4.30. The van der Waals surface area contributed by atoms with Crippen LogP contribution in [0, 0.1) is 0 Å². The molecule has 0 aliphatic carbocycles. The first-order valence-corrected chi connectivity index (χ1v) is 8.24. The molecule has 0 saturated carbocycles. The molecule has 20 heavy (non-hydrogen) atoms. The van der Waals surface area contributed by atoms with Crippen LogP contribution in [0.2, 0.25) is 0 Å². The molecule has 1 aromatic carbocycles. The highest BCUT2D eigenvalue weighted by molar-refractivity contribution is 7.99. The molecule has 2 aromatic rings. The summed E-state index contributed by atoms with van der Waals surface area (Å²) in [4.78, 5) is 6.72. The van der Waals surface area contributed by atoms with Gasteiger partial charge < -0.3 is 5.32 Å². The molecule has 3 nitrogen and oxygen atoms in total. The third-order valence-corrected chi connectivity index (χ3v) is 5.24. The first kappa shape index (κ1) is 13.9. The minimum Gasteiger partial charge on any atom is -0.312 e. The number of nitrogens with one attached hydrogen (secondary N) is 1. The predicted molar refractivity (Wildman–Crippen MR) is 87.3 cm³/mol. The Bertz CT molecular complexity index is 581. The summed E-state index contributed by atoms with van der Waals surface area (Å²) in [5.74, 6) is 2.42. The van der Waals surface area contributed by atoms with E-state index in [1.165, 1.54) is 34.4 Å². The van der Waals surface area contributed by atoms with E-state index in [9.17, 15) is 0 Å². The van der Waals surface area contributed by atoms with E-state index in [1.807, 2.05) is 12.4 Å². The van der Waals surface area contributed by atoms with Crippen molar-refractivity contribution in [2.45, 2.75) is 12.1 Å². The number of hydrogen-bond acceptors (Lipinski definition) is 4. The van der Waals surface area contributed by atoms with Crippen molar-refractivity contribution in [1.82, 2.24) is 15.2 Å². The fourth-order valence-electron chi connectivity index (χ4n) is 3.03. The van der Waals surface area contributed by atoms with Gasteiger partial charge in [-0.3, -0.25) is 9.88 Å². The van der Waals surface area contributed by atoms with E-state index in [4.69, 9.17) is 0 Å². The minimum atomic E-state index is 0.360. The van der Waals surface area contributed by atoms with Crippen molar-refractivity contribution in [2.24, 2.45) is 0 Å². The van der Waals surface area contributed by atoms with E-state index in [2.05, 4.69) is 65.3 Å². The van der Waals surface area contributed by atoms with Gasteiger partial charge in [0.1, 0.15) is 0 Å². The molecule has 1 aliphatic heterocycles. The molecular formula is C16H21N3S. The molecule has 1 N–H and O–H groups in total. The summed E-state index contributed by atoms with van der Waals surface area (Å²) in [6, 6.07) is 9.55. The highest BCUT2D eigenvalue weighted by Crippen LogP contribution is 2.30. The largest absolute Gasteiger partial charge is 0.312 e. The smallest absolute Gasteiger partial charge is 0.0489 e. The molecule has 2 unspecified atom stereocenters. The van der Waals surface area contributed by atoms with Gasteiger partial charge in [0.25, 0.3) is 0 Å². The third kappa shape index (κ3) is 2.55. The van der Waals surface area contributed by atoms with E-state index in [1.54, 1.807) is 0 Å². The fourth-order valence-corrected chi connectivity index (χ4v) is 4.30. The molecule has 2 heterocycles. The molecule has 0 radical (unpaired) electrons. The minimum absolute atomic E-state index is 0.360. The van der Waals surface area contributed by atoms with Crippen LogP contribution in [0.4, 0.5) is 0 Å². The van der Waals surface area contributed by atoms with Crippen LogP contribution in [0.3, 0.4) is 0 Å². The molecule has 3 rings (SSSR count). The third-order valence-electron chi connectivity index (χ3n) is 4.19. The van der Waals surface area contributed by atoms with Gasteiger partial charge in [-0.05, 0) is 31.1 Å². The number of likely N-dealkylation sites (N-methyl/N-ethyl adjacent to an activating group) is 2. The summed E-state index contributed by atoms with van der Waals surface area (Å²) in [5.41, 5.74) is 1.38. The zero-order chi connectivity index (χ0) is 13.9. The monoisotopic (exact) mass is 287 g/mol. The lowest BCUT2D eigenvalue weighted by atomic mass is 9.94. The highest BCUT2D eigenvalue weighted by Gasteiger charge is 2.28. The molecule has 0 bridgehead atoms. The van der Waals surface area contributed by atoms with Gasteiger partial charge in [-0.25, -0.2) is 0 Å². The summed E-state index contributed by atoms with van der Waals surface area (Å²) in [6.07, 6.45) is 3.84. The van der Waals surface area contributed by atoms with Crippen molar-refractivity contribution >= 4 is 22.5 Å². The van der Waals surface area contributed by atoms with Gasteiger partial charge in [-0.1, -0.05) is 18.2 Å². The lowest BCUT2D eigenvalue weighted by molar-refractivity contribution is 0.222. The van der Waals surface area contributed by atoms with Crippen molar-refractivity contribution in [3.8, 4) is 0 Å². The summed E-state index contributed by atoms with van der Waals surface area (Å²) >= 11 is 2.06. The first-order valence-electron chi connectivity index (χ1n) is 7.09.